The molecule has 1 aromatic heterocycles. The molecule has 0 aromatic carbocycles. The molecule has 0 spiro atoms. The smallest absolute Gasteiger partial charge is 0.314 e. The zero-order valence-electron chi connectivity index (χ0n) is 8.91. The fourth-order valence-electron chi connectivity index (χ4n) is 2.06. The number of nitrogens with one attached hydrogen (secondary N) is 1. The minimum Gasteiger partial charge on any atom is -0.469 e. The molecule has 2 heterocycles. The lowest BCUT2D eigenvalue weighted by molar-refractivity contribution is -0.142. The van der Waals surface area contributed by atoms with E-state index < -0.39 is 0 Å². The van der Waals surface area contributed by atoms with Crippen molar-refractivity contribution < 1.29 is 9.53 Å². The molecule has 4 nitrogen and oxygen atoms in total. The molecule has 1 unspecified atom stereocenters. The van der Waals surface area contributed by atoms with Crippen LogP contribution in [-0.4, -0.2) is 24.6 Å². The molecular formula is C11H14N2O2. The third-order valence-electron chi connectivity index (χ3n) is 2.78. The van der Waals surface area contributed by atoms with Crippen molar-refractivity contribution in [2.24, 2.45) is 0 Å². The zero-order valence-corrected chi connectivity index (χ0v) is 8.91. The van der Waals surface area contributed by atoms with Crippen LogP contribution in [0.3, 0.4) is 0 Å². The first-order chi connectivity index (χ1) is 7.24. The molecule has 0 amide bonds. The quantitative estimate of drug-likeness (QED) is 0.689. The summed E-state index contributed by atoms with van der Waals surface area (Å²) in [6, 6.07) is 1.95. The van der Waals surface area contributed by atoms with Crippen LogP contribution >= 0.6 is 0 Å². The van der Waals surface area contributed by atoms with Crippen LogP contribution in [0.15, 0.2) is 12.3 Å². The predicted octanol–water partition coefficient (Wildman–Crippen LogP) is 0.750. The number of methoxy groups -OCH3 is 1. The standard InChI is InChI=1S/C11H14N2O2/c1-7-10-8(3-4-13-7)5-12-6-9(10)11(14)15-2/h3-4,9,12H,5-6H2,1-2H3. The van der Waals surface area contributed by atoms with E-state index in [4.69, 9.17) is 4.74 Å². The van der Waals surface area contributed by atoms with Crippen LogP contribution in [0.1, 0.15) is 22.7 Å². The maximum absolute atomic E-state index is 11.6. The van der Waals surface area contributed by atoms with Crippen LogP contribution in [0.2, 0.25) is 0 Å². The third-order valence-corrected chi connectivity index (χ3v) is 2.78. The second kappa shape index (κ2) is 3.98. The summed E-state index contributed by atoms with van der Waals surface area (Å²) >= 11 is 0. The molecule has 0 saturated heterocycles. The Hall–Kier alpha value is -1.42. The SMILES string of the molecule is COC(=O)C1CNCc2ccnc(C)c21. The Balaban J connectivity index is 2.45. The summed E-state index contributed by atoms with van der Waals surface area (Å²) in [5.41, 5.74) is 3.09. The topological polar surface area (TPSA) is 51.2 Å². The van der Waals surface area contributed by atoms with Crippen LogP contribution in [0, 0.1) is 6.92 Å². The van der Waals surface area contributed by atoms with E-state index >= 15 is 0 Å². The van der Waals surface area contributed by atoms with E-state index in [9.17, 15) is 4.79 Å². The highest BCUT2D eigenvalue weighted by molar-refractivity contribution is 5.79. The largest absolute Gasteiger partial charge is 0.469 e. The summed E-state index contributed by atoms with van der Waals surface area (Å²) in [6.45, 7) is 3.36. The van der Waals surface area contributed by atoms with Gasteiger partial charge >= 0.3 is 5.97 Å². The molecule has 1 atom stereocenters. The minimum absolute atomic E-state index is 0.195. The van der Waals surface area contributed by atoms with E-state index in [1.807, 2.05) is 13.0 Å². The number of fused-ring (bicyclic) bond motifs is 1. The molecule has 2 rings (SSSR count). The molecule has 80 valence electrons. The molecule has 0 aliphatic carbocycles. The Morgan fingerprint density at radius 1 is 1.67 bits per heavy atom. The first kappa shape index (κ1) is 10.1. The number of aryl methyl sites for hydroxylation is 1. The highest BCUT2D eigenvalue weighted by atomic mass is 16.5. The van der Waals surface area contributed by atoms with Crippen molar-refractivity contribution >= 4 is 5.97 Å². The number of nitrogens with zero attached hydrogens (tertiary/aromatic N) is 1. The minimum atomic E-state index is -0.215. The average Bonchev–Trinajstić information content (AvgIpc) is 2.28. The molecule has 0 radical (unpaired) electrons. The Morgan fingerprint density at radius 3 is 3.20 bits per heavy atom. The van der Waals surface area contributed by atoms with Gasteiger partial charge in [0.15, 0.2) is 0 Å². The van der Waals surface area contributed by atoms with E-state index in [1.165, 1.54) is 7.11 Å². The van der Waals surface area contributed by atoms with Crippen LogP contribution in [0.4, 0.5) is 0 Å². The summed E-state index contributed by atoms with van der Waals surface area (Å²) in [5, 5.41) is 3.20. The number of rotatable bonds is 1. The molecular weight excluding hydrogens is 192 g/mol. The highest BCUT2D eigenvalue weighted by Crippen LogP contribution is 2.26. The molecule has 1 N–H and O–H groups in total. The van der Waals surface area contributed by atoms with Crippen LogP contribution in [0.5, 0.6) is 0 Å². The van der Waals surface area contributed by atoms with E-state index in [0.717, 1.165) is 23.4 Å². The van der Waals surface area contributed by atoms with Crippen molar-refractivity contribution in [3.8, 4) is 0 Å². The summed E-state index contributed by atoms with van der Waals surface area (Å²) in [4.78, 5) is 15.8. The van der Waals surface area contributed by atoms with Gasteiger partial charge in [-0.2, -0.15) is 0 Å². The van der Waals surface area contributed by atoms with Crippen molar-refractivity contribution in [2.75, 3.05) is 13.7 Å². The van der Waals surface area contributed by atoms with Crippen LogP contribution in [0.25, 0.3) is 0 Å². The fourth-order valence-corrected chi connectivity index (χ4v) is 2.06. The van der Waals surface area contributed by atoms with Gasteiger partial charge in [0, 0.05) is 25.0 Å². The van der Waals surface area contributed by atoms with Crippen LogP contribution in [-0.2, 0) is 16.1 Å². The third kappa shape index (κ3) is 1.72. The van der Waals surface area contributed by atoms with Crippen molar-refractivity contribution in [2.45, 2.75) is 19.4 Å². The molecule has 15 heavy (non-hydrogen) atoms. The monoisotopic (exact) mass is 206 g/mol. The Kier molecular flexibility index (Phi) is 2.68. The number of ether oxygens (including phenoxy) is 1. The Bertz CT molecular complexity index is 390. The molecule has 0 saturated carbocycles. The van der Waals surface area contributed by atoms with Gasteiger partial charge in [0.25, 0.3) is 0 Å². The summed E-state index contributed by atoms with van der Waals surface area (Å²) < 4.78 is 4.79. The van der Waals surface area contributed by atoms with Gasteiger partial charge in [0.1, 0.15) is 0 Å². The van der Waals surface area contributed by atoms with Gasteiger partial charge in [0.05, 0.1) is 13.0 Å². The predicted molar refractivity (Wildman–Crippen MR) is 55.4 cm³/mol. The average molecular weight is 206 g/mol. The van der Waals surface area contributed by atoms with Gasteiger partial charge in [0.2, 0.25) is 0 Å². The fraction of sp³-hybridized carbons (Fsp3) is 0.455. The van der Waals surface area contributed by atoms with Gasteiger partial charge in [-0.1, -0.05) is 0 Å². The molecule has 1 aromatic rings. The lowest BCUT2D eigenvalue weighted by Crippen LogP contribution is -2.34. The van der Waals surface area contributed by atoms with Gasteiger partial charge < -0.3 is 10.1 Å². The maximum atomic E-state index is 11.6. The summed E-state index contributed by atoms with van der Waals surface area (Å²) in [7, 11) is 1.42. The second-order valence-electron chi connectivity index (χ2n) is 3.68. The highest BCUT2D eigenvalue weighted by Gasteiger charge is 2.28. The first-order valence-corrected chi connectivity index (χ1v) is 4.97. The summed E-state index contributed by atoms with van der Waals surface area (Å²) in [6.07, 6.45) is 1.77. The number of esters is 1. The van der Waals surface area contributed by atoms with Gasteiger partial charge in [-0.05, 0) is 24.1 Å². The number of carbonyl (C=O) groups is 1. The Labute approximate surface area is 88.7 Å². The molecule has 0 bridgehead atoms. The lowest BCUT2D eigenvalue weighted by atomic mass is 9.90. The second-order valence-corrected chi connectivity index (χ2v) is 3.68. The van der Waals surface area contributed by atoms with Crippen LogP contribution < -0.4 is 5.32 Å². The van der Waals surface area contributed by atoms with Gasteiger partial charge in [-0.15, -0.1) is 0 Å². The number of pyridine rings is 1. The van der Waals surface area contributed by atoms with Crippen molar-refractivity contribution in [1.29, 1.82) is 0 Å². The summed E-state index contributed by atoms with van der Waals surface area (Å²) in [5.74, 6) is -0.410. The number of hydrogen-bond acceptors (Lipinski definition) is 4. The zero-order chi connectivity index (χ0) is 10.8. The first-order valence-electron chi connectivity index (χ1n) is 4.97. The Morgan fingerprint density at radius 2 is 2.47 bits per heavy atom. The van der Waals surface area contributed by atoms with Crippen molar-refractivity contribution in [3.63, 3.8) is 0 Å². The van der Waals surface area contributed by atoms with Crippen molar-refractivity contribution in [3.05, 3.63) is 29.1 Å². The lowest BCUT2D eigenvalue weighted by Gasteiger charge is -2.25. The van der Waals surface area contributed by atoms with Gasteiger partial charge in [-0.3, -0.25) is 9.78 Å². The van der Waals surface area contributed by atoms with Gasteiger partial charge in [-0.25, -0.2) is 0 Å². The van der Waals surface area contributed by atoms with E-state index in [-0.39, 0.29) is 11.9 Å². The maximum Gasteiger partial charge on any atom is 0.314 e. The van der Waals surface area contributed by atoms with E-state index in [0.29, 0.717) is 6.54 Å². The van der Waals surface area contributed by atoms with E-state index in [2.05, 4.69) is 10.3 Å². The molecule has 1 aliphatic heterocycles. The normalized spacial score (nSPS) is 19.5. The number of carbonyl (C=O) groups excluding carboxylic acids is 1. The number of aromatic nitrogens is 1. The van der Waals surface area contributed by atoms with Crippen molar-refractivity contribution in [1.82, 2.24) is 10.3 Å². The number of hydrogen-bond donors (Lipinski definition) is 1. The molecule has 0 fully saturated rings. The molecule has 1 aliphatic rings. The van der Waals surface area contributed by atoms with E-state index in [1.54, 1.807) is 6.20 Å². The molecule has 4 heteroatoms.